The number of imide groups is 1. The molecule has 3 heterocycles. The Morgan fingerprint density at radius 1 is 1.14 bits per heavy atom. The molecule has 0 spiro atoms. The Kier molecular flexibility index (Phi) is 4.82. The maximum Gasteiger partial charge on any atom is 0.433 e. The molecule has 2 aliphatic rings. The maximum absolute atomic E-state index is 13.7. The molecule has 2 fully saturated rings. The summed E-state index contributed by atoms with van der Waals surface area (Å²) in [5, 5.41) is 16.6. The van der Waals surface area contributed by atoms with Gasteiger partial charge in [-0.1, -0.05) is 6.07 Å². The number of nitrogens with zero attached hydrogens (tertiary/aromatic N) is 1. The first-order valence-electron chi connectivity index (χ1n) is 9.46. The number of amides is 2. The molecule has 3 N–H and O–H groups in total. The van der Waals surface area contributed by atoms with Crippen LogP contribution in [-0.2, 0) is 21.4 Å². The van der Waals surface area contributed by atoms with E-state index in [4.69, 9.17) is 0 Å². The van der Waals surface area contributed by atoms with E-state index >= 15 is 0 Å². The number of carbonyl (C=O) groups is 2. The Morgan fingerprint density at radius 3 is 2.52 bits per heavy atom. The van der Waals surface area contributed by atoms with Crippen LogP contribution < -0.4 is 10.6 Å². The second kappa shape index (κ2) is 7.07. The number of fused-ring (bicyclic) bond motifs is 1. The van der Waals surface area contributed by atoms with Crippen molar-refractivity contribution in [1.82, 2.24) is 15.6 Å². The number of hydrogen-bond donors (Lipinski definition) is 3. The first-order chi connectivity index (χ1) is 13.7. The monoisotopic (exact) mass is 407 g/mol. The van der Waals surface area contributed by atoms with Crippen LogP contribution >= 0.6 is 0 Å². The molecule has 6 nitrogen and oxygen atoms in total. The summed E-state index contributed by atoms with van der Waals surface area (Å²) in [4.78, 5) is 27.4. The molecule has 4 rings (SSSR count). The number of aliphatic hydroxyl groups is 1. The fourth-order valence-corrected chi connectivity index (χ4v) is 4.09. The normalized spacial score (nSPS) is 22.6. The molecule has 2 aromatic rings. The van der Waals surface area contributed by atoms with Crippen molar-refractivity contribution in [3.8, 4) is 0 Å². The SMILES string of the molecule is O=C1CCC(c2cc3cc(C4(O)CCNCC4)ccc3nc2C(F)(F)F)C(=O)N1. The third-order valence-electron chi connectivity index (χ3n) is 5.70. The Labute approximate surface area is 164 Å². The lowest BCUT2D eigenvalue weighted by Gasteiger charge is -2.33. The van der Waals surface area contributed by atoms with Gasteiger partial charge in [-0.2, -0.15) is 13.2 Å². The molecule has 1 unspecified atom stereocenters. The van der Waals surface area contributed by atoms with Crippen LogP contribution in [0.5, 0.6) is 0 Å². The molecule has 154 valence electrons. The van der Waals surface area contributed by atoms with Crippen LogP contribution in [0.3, 0.4) is 0 Å². The van der Waals surface area contributed by atoms with Crippen LogP contribution in [0.15, 0.2) is 24.3 Å². The summed E-state index contributed by atoms with van der Waals surface area (Å²) >= 11 is 0. The molecular weight excluding hydrogens is 387 g/mol. The molecule has 9 heteroatoms. The van der Waals surface area contributed by atoms with Crippen LogP contribution in [0.25, 0.3) is 10.9 Å². The molecule has 2 amide bonds. The van der Waals surface area contributed by atoms with E-state index in [1.165, 1.54) is 12.1 Å². The number of aromatic nitrogens is 1. The molecule has 2 aliphatic heterocycles. The van der Waals surface area contributed by atoms with E-state index in [1.54, 1.807) is 12.1 Å². The van der Waals surface area contributed by atoms with Crippen LogP contribution in [0.1, 0.15) is 48.4 Å². The predicted molar refractivity (Wildman–Crippen MR) is 97.9 cm³/mol. The summed E-state index contributed by atoms with van der Waals surface area (Å²) < 4.78 is 41.0. The van der Waals surface area contributed by atoms with Crippen LogP contribution in [0.4, 0.5) is 13.2 Å². The molecule has 0 saturated carbocycles. The van der Waals surface area contributed by atoms with Gasteiger partial charge in [-0.25, -0.2) is 4.98 Å². The smallest absolute Gasteiger partial charge is 0.385 e. The summed E-state index contributed by atoms with van der Waals surface area (Å²) in [5.74, 6) is -2.35. The molecule has 2 saturated heterocycles. The topological polar surface area (TPSA) is 91.3 Å². The minimum Gasteiger partial charge on any atom is -0.385 e. The highest BCUT2D eigenvalue weighted by atomic mass is 19.4. The molecule has 1 aromatic heterocycles. The van der Waals surface area contributed by atoms with Crippen molar-refractivity contribution < 1.29 is 27.9 Å². The lowest BCUT2D eigenvalue weighted by atomic mass is 9.84. The van der Waals surface area contributed by atoms with Gasteiger partial charge >= 0.3 is 6.18 Å². The standard InChI is InChI=1S/C20H20F3N3O3/c21-20(22,23)17-14(13-2-4-16(27)26-18(13)28)10-11-9-12(1-3-15(11)25-17)19(29)5-7-24-8-6-19/h1,3,9-10,13,24,29H,2,4-8H2,(H,26,27,28). The summed E-state index contributed by atoms with van der Waals surface area (Å²) in [5.41, 5.74) is -1.68. The fraction of sp³-hybridized carbons (Fsp3) is 0.450. The third kappa shape index (κ3) is 3.72. The number of halogens is 3. The van der Waals surface area contributed by atoms with Crippen molar-refractivity contribution in [1.29, 1.82) is 0 Å². The van der Waals surface area contributed by atoms with E-state index in [0.717, 1.165) is 0 Å². The molecule has 0 bridgehead atoms. The van der Waals surface area contributed by atoms with Gasteiger partial charge in [0, 0.05) is 11.8 Å². The Hall–Kier alpha value is -2.52. The number of hydrogen-bond acceptors (Lipinski definition) is 5. The second-order valence-corrected chi connectivity index (χ2v) is 7.62. The zero-order chi connectivity index (χ0) is 20.8. The molecular formula is C20H20F3N3O3. The van der Waals surface area contributed by atoms with Crippen LogP contribution in [0.2, 0.25) is 0 Å². The zero-order valence-electron chi connectivity index (χ0n) is 15.5. The fourth-order valence-electron chi connectivity index (χ4n) is 4.09. The van der Waals surface area contributed by atoms with Crippen molar-refractivity contribution >= 4 is 22.7 Å². The lowest BCUT2D eigenvalue weighted by Crippen LogP contribution is -2.40. The summed E-state index contributed by atoms with van der Waals surface area (Å²) in [6.07, 6.45) is -3.79. The van der Waals surface area contributed by atoms with Crippen molar-refractivity contribution in [2.45, 2.75) is 43.4 Å². The Balaban J connectivity index is 1.83. The van der Waals surface area contributed by atoms with Crippen molar-refractivity contribution in [3.63, 3.8) is 0 Å². The average Bonchev–Trinajstić information content (AvgIpc) is 2.66. The third-order valence-corrected chi connectivity index (χ3v) is 5.70. The van der Waals surface area contributed by atoms with Crippen LogP contribution in [-0.4, -0.2) is 35.0 Å². The molecule has 0 radical (unpaired) electrons. The van der Waals surface area contributed by atoms with E-state index < -0.39 is 35.2 Å². The minimum atomic E-state index is -4.74. The molecule has 0 aliphatic carbocycles. The highest BCUT2D eigenvalue weighted by molar-refractivity contribution is 6.01. The van der Waals surface area contributed by atoms with Gasteiger partial charge in [0.15, 0.2) is 0 Å². The highest BCUT2D eigenvalue weighted by Crippen LogP contribution is 2.39. The predicted octanol–water partition coefficient (Wildman–Crippen LogP) is 2.34. The van der Waals surface area contributed by atoms with Gasteiger partial charge < -0.3 is 10.4 Å². The summed E-state index contributed by atoms with van der Waals surface area (Å²) in [6.45, 7) is 1.28. The quantitative estimate of drug-likeness (QED) is 0.665. The highest BCUT2D eigenvalue weighted by Gasteiger charge is 2.41. The summed E-state index contributed by atoms with van der Waals surface area (Å²) in [7, 11) is 0. The first kappa shape index (κ1) is 19.8. The Bertz CT molecular complexity index is 984. The Morgan fingerprint density at radius 2 is 1.86 bits per heavy atom. The van der Waals surface area contributed by atoms with Gasteiger partial charge in [-0.15, -0.1) is 0 Å². The molecule has 1 atom stereocenters. The average molecular weight is 407 g/mol. The number of carbonyl (C=O) groups excluding carboxylic acids is 2. The van der Waals surface area contributed by atoms with E-state index in [1.807, 2.05) is 0 Å². The second-order valence-electron chi connectivity index (χ2n) is 7.62. The van der Waals surface area contributed by atoms with E-state index in [9.17, 15) is 27.9 Å². The largest absolute Gasteiger partial charge is 0.433 e. The van der Waals surface area contributed by atoms with E-state index in [-0.39, 0.29) is 23.9 Å². The maximum atomic E-state index is 13.7. The first-order valence-corrected chi connectivity index (χ1v) is 9.46. The van der Waals surface area contributed by atoms with E-state index in [0.29, 0.717) is 36.9 Å². The number of piperidine rings is 2. The minimum absolute atomic E-state index is 0.00374. The van der Waals surface area contributed by atoms with Crippen molar-refractivity contribution in [3.05, 3.63) is 41.1 Å². The number of nitrogens with one attached hydrogen (secondary N) is 2. The number of benzene rings is 1. The van der Waals surface area contributed by atoms with E-state index in [2.05, 4.69) is 15.6 Å². The number of alkyl halides is 3. The lowest BCUT2D eigenvalue weighted by molar-refractivity contribution is -0.142. The molecule has 29 heavy (non-hydrogen) atoms. The summed E-state index contributed by atoms with van der Waals surface area (Å²) in [6, 6.07) is 6.03. The number of rotatable bonds is 2. The van der Waals surface area contributed by atoms with Crippen molar-refractivity contribution in [2.75, 3.05) is 13.1 Å². The van der Waals surface area contributed by atoms with Crippen molar-refractivity contribution in [2.24, 2.45) is 0 Å². The van der Waals surface area contributed by atoms with Gasteiger partial charge in [-0.3, -0.25) is 14.9 Å². The van der Waals surface area contributed by atoms with Crippen LogP contribution in [0, 0.1) is 0 Å². The number of pyridine rings is 1. The molecule has 1 aromatic carbocycles. The van der Waals surface area contributed by atoms with Gasteiger partial charge in [0.05, 0.1) is 17.0 Å². The van der Waals surface area contributed by atoms with Gasteiger partial charge in [0.25, 0.3) is 0 Å². The van der Waals surface area contributed by atoms with Gasteiger partial charge in [0.1, 0.15) is 5.69 Å². The van der Waals surface area contributed by atoms with Gasteiger partial charge in [0.2, 0.25) is 11.8 Å². The zero-order valence-corrected chi connectivity index (χ0v) is 15.5. The van der Waals surface area contributed by atoms with Gasteiger partial charge in [-0.05, 0) is 61.7 Å².